The molecule has 2 aliphatic carbocycles. The summed E-state index contributed by atoms with van der Waals surface area (Å²) in [5.74, 6) is -3.65. The van der Waals surface area contributed by atoms with Crippen LogP contribution < -0.4 is 0 Å². The van der Waals surface area contributed by atoms with Gasteiger partial charge in [-0.25, -0.2) is 0 Å². The van der Waals surface area contributed by atoms with Crippen molar-refractivity contribution in [3.05, 3.63) is 36.3 Å². The van der Waals surface area contributed by atoms with Crippen molar-refractivity contribution in [2.45, 2.75) is 32.3 Å². The van der Waals surface area contributed by atoms with E-state index in [1.807, 2.05) is 6.92 Å². The fraction of sp³-hybridized carbons (Fsp3) is 0.571. The third kappa shape index (κ3) is 1.97. The molecular formula is C21H24O7. The van der Waals surface area contributed by atoms with Crippen molar-refractivity contribution in [2.75, 3.05) is 14.2 Å². The summed E-state index contributed by atoms with van der Waals surface area (Å²) in [4.78, 5) is 39.1. The van der Waals surface area contributed by atoms with Crippen molar-refractivity contribution in [1.82, 2.24) is 0 Å². The lowest BCUT2D eigenvalue weighted by atomic mass is 9.43. The molecule has 0 aromatic carbocycles. The minimum absolute atomic E-state index is 0.0357. The number of carbonyl (C=O) groups is 3. The topological polar surface area (TPSA) is 88.1 Å². The predicted molar refractivity (Wildman–Crippen MR) is 96.2 cm³/mol. The van der Waals surface area contributed by atoms with Crippen LogP contribution in [0.2, 0.25) is 0 Å². The Bertz CT molecular complexity index is 855. The molecular weight excluding hydrogens is 364 g/mol. The first-order valence-electron chi connectivity index (χ1n) is 9.33. The van der Waals surface area contributed by atoms with E-state index in [1.165, 1.54) is 14.2 Å². The molecule has 1 saturated heterocycles. The normalized spacial score (nSPS) is 43.5. The molecule has 0 aromatic rings. The van der Waals surface area contributed by atoms with Crippen molar-refractivity contribution in [3.63, 3.8) is 0 Å². The van der Waals surface area contributed by atoms with Gasteiger partial charge in [-0.2, -0.15) is 0 Å². The van der Waals surface area contributed by atoms with E-state index in [2.05, 4.69) is 6.58 Å². The first-order valence-corrected chi connectivity index (χ1v) is 9.33. The average Bonchev–Trinajstić information content (AvgIpc) is 2.79. The van der Waals surface area contributed by atoms with Gasteiger partial charge < -0.3 is 18.9 Å². The summed E-state index contributed by atoms with van der Waals surface area (Å²) < 4.78 is 21.8. The number of allylic oxidation sites excluding steroid dienone is 1. The van der Waals surface area contributed by atoms with Crippen molar-refractivity contribution in [1.29, 1.82) is 0 Å². The van der Waals surface area contributed by atoms with Crippen LogP contribution in [0.3, 0.4) is 0 Å². The van der Waals surface area contributed by atoms with Gasteiger partial charge in [0.1, 0.15) is 5.92 Å². The van der Waals surface area contributed by atoms with Gasteiger partial charge in [-0.15, -0.1) is 6.58 Å². The highest BCUT2D eigenvalue weighted by atomic mass is 16.7. The Hall–Kier alpha value is -2.57. The lowest BCUT2D eigenvalue weighted by Gasteiger charge is -2.63. The summed E-state index contributed by atoms with van der Waals surface area (Å²) in [7, 11) is 2.71. The second-order valence-electron chi connectivity index (χ2n) is 8.41. The summed E-state index contributed by atoms with van der Waals surface area (Å²) >= 11 is 0. The lowest BCUT2D eigenvalue weighted by molar-refractivity contribution is -0.239. The van der Waals surface area contributed by atoms with Crippen LogP contribution in [0.5, 0.6) is 0 Å². The molecule has 0 amide bonds. The van der Waals surface area contributed by atoms with Gasteiger partial charge in [0, 0.05) is 23.0 Å². The zero-order valence-electron chi connectivity index (χ0n) is 16.4. The van der Waals surface area contributed by atoms with E-state index < -0.39 is 52.1 Å². The second kappa shape index (κ2) is 5.72. The first kappa shape index (κ1) is 18.8. The number of esters is 3. The number of rotatable bonds is 3. The van der Waals surface area contributed by atoms with Gasteiger partial charge in [-0.1, -0.05) is 19.1 Å². The number of hydrogen-bond donors (Lipinski definition) is 0. The van der Waals surface area contributed by atoms with E-state index in [0.29, 0.717) is 18.4 Å². The molecule has 150 valence electrons. The number of ether oxygens (including phenoxy) is 4. The summed E-state index contributed by atoms with van der Waals surface area (Å²) in [6, 6.07) is 0. The number of hydrogen-bond acceptors (Lipinski definition) is 7. The van der Waals surface area contributed by atoms with E-state index in [9.17, 15) is 14.4 Å². The number of fused-ring (bicyclic) bond motifs is 1. The fourth-order valence-electron chi connectivity index (χ4n) is 5.78. The molecule has 2 bridgehead atoms. The number of carbonyl (C=O) groups excluding carboxylic acids is 3. The van der Waals surface area contributed by atoms with Gasteiger partial charge in [0.2, 0.25) is 0 Å². The highest BCUT2D eigenvalue weighted by Gasteiger charge is 2.76. The Kier molecular flexibility index (Phi) is 3.83. The molecule has 6 atom stereocenters. The van der Waals surface area contributed by atoms with Crippen LogP contribution in [0, 0.1) is 28.6 Å². The highest BCUT2D eigenvalue weighted by molar-refractivity contribution is 5.92. The molecule has 5 rings (SSSR count). The maximum atomic E-state index is 13.2. The van der Waals surface area contributed by atoms with Crippen LogP contribution in [0.4, 0.5) is 0 Å². The molecule has 2 fully saturated rings. The van der Waals surface area contributed by atoms with Crippen LogP contribution in [0.1, 0.15) is 26.7 Å². The third-order valence-electron chi connectivity index (χ3n) is 7.27. The van der Waals surface area contributed by atoms with Crippen LogP contribution in [0.25, 0.3) is 0 Å². The Labute approximate surface area is 163 Å². The second-order valence-corrected chi connectivity index (χ2v) is 8.41. The SMILES string of the molecule is C=C[C@@]1(C)CC[C@H]2[C@](C)(C(=O)OC)[C@H]3C=C4C=C(OC)OC(=O)[C@@H]1[C@@]42OC3=O. The monoisotopic (exact) mass is 388 g/mol. The minimum atomic E-state index is -1.34. The Balaban J connectivity index is 2.05. The summed E-state index contributed by atoms with van der Waals surface area (Å²) in [6.45, 7) is 7.55. The van der Waals surface area contributed by atoms with Crippen LogP contribution in [-0.2, 0) is 33.3 Å². The minimum Gasteiger partial charge on any atom is -0.469 e. The molecule has 3 aliphatic heterocycles. The van der Waals surface area contributed by atoms with Gasteiger partial charge in [-0.3, -0.25) is 14.4 Å². The Morgan fingerprint density at radius 2 is 2.00 bits per heavy atom. The zero-order chi connectivity index (χ0) is 20.5. The standard InChI is InChI=1S/C21H24O7/c1-6-19(2)8-7-13-20(3,18(24)26-5)12-9-11-10-14(25-4)27-17(23)15(19)21(11,13)28-16(12)22/h6,9-10,12-13,15H,1,7-8H2,2-5H3/t12-,13-,15-,19-,20+,21+/m0/s1. The highest BCUT2D eigenvalue weighted by Crippen LogP contribution is 2.67. The summed E-state index contributed by atoms with van der Waals surface area (Å²) in [6.07, 6.45) is 6.17. The molecule has 1 saturated carbocycles. The molecule has 3 heterocycles. The van der Waals surface area contributed by atoms with Gasteiger partial charge in [0.25, 0.3) is 5.95 Å². The van der Waals surface area contributed by atoms with Crippen molar-refractivity contribution < 1.29 is 33.3 Å². The van der Waals surface area contributed by atoms with E-state index in [-0.39, 0.29) is 5.95 Å². The Morgan fingerprint density at radius 1 is 1.29 bits per heavy atom. The van der Waals surface area contributed by atoms with Crippen LogP contribution >= 0.6 is 0 Å². The fourth-order valence-corrected chi connectivity index (χ4v) is 5.78. The number of methoxy groups -OCH3 is 2. The predicted octanol–water partition coefficient (Wildman–Crippen LogP) is 2.28. The summed E-state index contributed by atoms with van der Waals surface area (Å²) in [5, 5.41) is 0. The van der Waals surface area contributed by atoms with Gasteiger partial charge >= 0.3 is 17.9 Å². The average molecular weight is 388 g/mol. The molecule has 28 heavy (non-hydrogen) atoms. The lowest BCUT2D eigenvalue weighted by Crippen LogP contribution is -2.72. The van der Waals surface area contributed by atoms with Crippen LogP contribution in [-0.4, -0.2) is 37.7 Å². The molecule has 1 spiro atoms. The maximum Gasteiger partial charge on any atom is 0.322 e. The van der Waals surface area contributed by atoms with Crippen molar-refractivity contribution in [3.8, 4) is 0 Å². The smallest absolute Gasteiger partial charge is 0.322 e. The van der Waals surface area contributed by atoms with Crippen molar-refractivity contribution >= 4 is 17.9 Å². The van der Waals surface area contributed by atoms with Gasteiger partial charge in [0.15, 0.2) is 5.60 Å². The largest absolute Gasteiger partial charge is 0.469 e. The molecule has 0 radical (unpaired) electrons. The van der Waals surface area contributed by atoms with Crippen LogP contribution in [0.15, 0.2) is 36.3 Å². The molecule has 7 heteroatoms. The van der Waals surface area contributed by atoms with E-state index in [1.54, 1.807) is 25.2 Å². The Morgan fingerprint density at radius 3 is 2.61 bits per heavy atom. The zero-order valence-corrected chi connectivity index (χ0v) is 16.4. The molecule has 7 nitrogen and oxygen atoms in total. The quantitative estimate of drug-likeness (QED) is 0.416. The van der Waals surface area contributed by atoms with E-state index in [0.717, 1.165) is 0 Å². The molecule has 0 unspecified atom stereocenters. The van der Waals surface area contributed by atoms with Gasteiger partial charge in [0.05, 0.1) is 25.6 Å². The molecule has 0 aromatic heterocycles. The molecule has 0 N–H and O–H groups in total. The molecule has 5 aliphatic rings. The van der Waals surface area contributed by atoms with E-state index in [4.69, 9.17) is 18.9 Å². The number of cyclic esters (lactones) is 1. The third-order valence-corrected chi connectivity index (χ3v) is 7.27. The van der Waals surface area contributed by atoms with Gasteiger partial charge in [-0.05, 0) is 19.8 Å². The maximum absolute atomic E-state index is 13.2. The van der Waals surface area contributed by atoms with E-state index >= 15 is 0 Å². The first-order chi connectivity index (χ1) is 13.2. The van der Waals surface area contributed by atoms with Crippen molar-refractivity contribution in [2.24, 2.45) is 28.6 Å². The summed E-state index contributed by atoms with van der Waals surface area (Å²) in [5.41, 5.74) is -2.54.